The quantitative estimate of drug-likeness (QED) is 0.534. The van der Waals surface area contributed by atoms with Crippen LogP contribution in [0.4, 0.5) is 5.82 Å². The van der Waals surface area contributed by atoms with Gasteiger partial charge in [0.25, 0.3) is 0 Å². The summed E-state index contributed by atoms with van der Waals surface area (Å²) in [5.41, 5.74) is 0.885. The molecule has 0 saturated carbocycles. The zero-order valence-electron chi connectivity index (χ0n) is 5.74. The van der Waals surface area contributed by atoms with Gasteiger partial charge in [0.2, 0.25) is 0 Å². The van der Waals surface area contributed by atoms with Crippen LogP contribution in [0, 0.1) is 17.0 Å². The van der Waals surface area contributed by atoms with Crippen molar-refractivity contribution in [3.8, 4) is 0 Å². The topological polar surface area (TPSA) is 56.0 Å². The second-order valence-corrected chi connectivity index (χ2v) is 2.90. The van der Waals surface area contributed by atoms with Crippen molar-refractivity contribution in [3.63, 3.8) is 0 Å². The summed E-state index contributed by atoms with van der Waals surface area (Å²) in [6.07, 6.45) is 1.46. The monoisotopic (exact) mass is 216 g/mol. The van der Waals surface area contributed by atoms with Crippen molar-refractivity contribution in [2.45, 2.75) is 6.92 Å². The fourth-order valence-electron chi connectivity index (χ4n) is 0.589. The number of halogens is 1. The number of aromatic nitrogens is 1. The highest BCUT2D eigenvalue weighted by Crippen LogP contribution is 2.18. The van der Waals surface area contributed by atoms with Gasteiger partial charge in [-0.2, -0.15) is 0 Å². The fraction of sp³-hybridized carbons (Fsp3) is 0.167. The number of hydrogen-bond donors (Lipinski definition) is 0. The van der Waals surface area contributed by atoms with E-state index in [0.717, 1.165) is 5.56 Å². The number of aryl methyl sites for hydroxylation is 1. The van der Waals surface area contributed by atoms with Crippen molar-refractivity contribution in [1.82, 2.24) is 4.98 Å². The highest BCUT2D eigenvalue weighted by atomic mass is 79.9. The Labute approximate surface area is 71.5 Å². The molecular weight excluding hydrogens is 212 g/mol. The summed E-state index contributed by atoms with van der Waals surface area (Å²) in [7, 11) is 0. The van der Waals surface area contributed by atoms with E-state index in [1.807, 2.05) is 6.92 Å². The molecular formula is C6H5BrN2O2. The molecule has 0 atom stereocenters. The van der Waals surface area contributed by atoms with Crippen LogP contribution in [0.2, 0.25) is 0 Å². The first kappa shape index (κ1) is 8.13. The van der Waals surface area contributed by atoms with Crippen molar-refractivity contribution in [2.24, 2.45) is 0 Å². The zero-order valence-corrected chi connectivity index (χ0v) is 7.33. The van der Waals surface area contributed by atoms with Gasteiger partial charge >= 0.3 is 5.82 Å². The molecule has 0 aliphatic carbocycles. The van der Waals surface area contributed by atoms with Gasteiger partial charge in [0.15, 0.2) is 0 Å². The molecule has 1 aromatic heterocycles. The molecule has 0 fully saturated rings. The third-order valence-corrected chi connectivity index (χ3v) is 2.06. The van der Waals surface area contributed by atoms with Crippen molar-refractivity contribution < 1.29 is 4.92 Å². The van der Waals surface area contributed by atoms with Crippen LogP contribution >= 0.6 is 15.9 Å². The van der Waals surface area contributed by atoms with Gasteiger partial charge in [0.05, 0.1) is 6.07 Å². The Balaban J connectivity index is 3.15. The van der Waals surface area contributed by atoms with Gasteiger partial charge in [0.1, 0.15) is 6.20 Å². The second kappa shape index (κ2) is 2.96. The van der Waals surface area contributed by atoms with E-state index in [1.165, 1.54) is 12.3 Å². The van der Waals surface area contributed by atoms with E-state index in [-0.39, 0.29) is 5.82 Å². The van der Waals surface area contributed by atoms with Crippen LogP contribution in [0.15, 0.2) is 16.7 Å². The lowest BCUT2D eigenvalue weighted by atomic mass is 10.3. The van der Waals surface area contributed by atoms with E-state index in [4.69, 9.17) is 0 Å². The third-order valence-electron chi connectivity index (χ3n) is 1.21. The molecule has 4 nitrogen and oxygen atoms in total. The largest absolute Gasteiger partial charge is 0.364 e. The van der Waals surface area contributed by atoms with E-state index in [0.29, 0.717) is 4.47 Å². The van der Waals surface area contributed by atoms with Gasteiger partial charge < -0.3 is 10.1 Å². The van der Waals surface area contributed by atoms with E-state index in [2.05, 4.69) is 20.9 Å². The lowest BCUT2D eigenvalue weighted by molar-refractivity contribution is -0.389. The third kappa shape index (κ3) is 1.74. The Morgan fingerprint density at radius 2 is 2.36 bits per heavy atom. The molecule has 0 radical (unpaired) electrons. The maximum absolute atomic E-state index is 10.2. The second-order valence-electron chi connectivity index (χ2n) is 2.05. The van der Waals surface area contributed by atoms with Crippen LogP contribution in [0.25, 0.3) is 0 Å². The summed E-state index contributed by atoms with van der Waals surface area (Å²) >= 11 is 3.17. The molecule has 0 amide bonds. The normalized spacial score (nSPS) is 9.64. The molecule has 11 heavy (non-hydrogen) atoms. The summed E-state index contributed by atoms with van der Waals surface area (Å²) < 4.78 is 0.708. The average molecular weight is 217 g/mol. The Kier molecular flexibility index (Phi) is 2.19. The number of pyridine rings is 1. The smallest absolute Gasteiger partial charge is 0.358 e. The highest BCUT2D eigenvalue weighted by Gasteiger charge is 2.07. The number of nitro groups is 1. The van der Waals surface area contributed by atoms with Gasteiger partial charge in [-0.15, -0.1) is 0 Å². The highest BCUT2D eigenvalue weighted by molar-refractivity contribution is 9.10. The summed E-state index contributed by atoms with van der Waals surface area (Å²) in [5.74, 6) is -0.137. The molecule has 0 unspecified atom stereocenters. The molecule has 1 heterocycles. The van der Waals surface area contributed by atoms with Crippen LogP contribution in [0.5, 0.6) is 0 Å². The van der Waals surface area contributed by atoms with Crippen molar-refractivity contribution in [1.29, 1.82) is 0 Å². The first-order chi connectivity index (χ1) is 5.11. The van der Waals surface area contributed by atoms with Crippen LogP contribution in [0.1, 0.15) is 5.56 Å². The standard InChI is InChI=1S/C6H5BrN2O2/c1-4-3-8-6(9(10)11)2-5(4)7/h2-3H,1H3. The lowest BCUT2D eigenvalue weighted by Gasteiger charge is -1.94. The SMILES string of the molecule is Cc1cnc([N+](=O)[O-])cc1Br. The predicted octanol–water partition coefficient (Wildman–Crippen LogP) is 2.06. The van der Waals surface area contributed by atoms with E-state index >= 15 is 0 Å². The first-order valence-electron chi connectivity index (χ1n) is 2.88. The van der Waals surface area contributed by atoms with Crippen LogP contribution in [0.3, 0.4) is 0 Å². The van der Waals surface area contributed by atoms with Crippen molar-refractivity contribution in [2.75, 3.05) is 0 Å². The minimum Gasteiger partial charge on any atom is -0.358 e. The molecule has 58 valence electrons. The Morgan fingerprint density at radius 1 is 1.73 bits per heavy atom. The summed E-state index contributed by atoms with van der Waals surface area (Å²) in [4.78, 5) is 13.3. The Bertz CT molecular complexity index is 301. The minimum atomic E-state index is -0.524. The van der Waals surface area contributed by atoms with Crippen molar-refractivity contribution in [3.05, 3.63) is 32.4 Å². The van der Waals surface area contributed by atoms with Crippen LogP contribution < -0.4 is 0 Å². The molecule has 1 rings (SSSR count). The van der Waals surface area contributed by atoms with Gasteiger partial charge in [-0.25, -0.2) is 0 Å². The maximum Gasteiger partial charge on any atom is 0.364 e. The summed E-state index contributed by atoms with van der Waals surface area (Å²) in [6, 6.07) is 1.38. The molecule has 0 aromatic carbocycles. The van der Waals surface area contributed by atoms with Gasteiger partial charge in [-0.3, -0.25) is 0 Å². The number of hydrogen-bond acceptors (Lipinski definition) is 3. The predicted molar refractivity (Wildman–Crippen MR) is 43.3 cm³/mol. The molecule has 1 aromatic rings. The molecule has 0 N–H and O–H groups in total. The first-order valence-corrected chi connectivity index (χ1v) is 3.67. The molecule has 0 saturated heterocycles. The fourth-order valence-corrected chi connectivity index (χ4v) is 0.896. The lowest BCUT2D eigenvalue weighted by Crippen LogP contribution is -1.92. The van der Waals surface area contributed by atoms with Crippen molar-refractivity contribution >= 4 is 21.7 Å². The van der Waals surface area contributed by atoms with E-state index in [9.17, 15) is 10.1 Å². The zero-order chi connectivity index (χ0) is 8.43. The van der Waals surface area contributed by atoms with Gasteiger partial charge in [-0.1, -0.05) is 15.9 Å². The molecule has 0 aliphatic rings. The van der Waals surface area contributed by atoms with Crippen LogP contribution in [-0.4, -0.2) is 9.91 Å². The summed E-state index contributed by atoms with van der Waals surface area (Å²) in [6.45, 7) is 1.82. The number of nitrogens with zero attached hydrogens (tertiary/aromatic N) is 2. The molecule has 5 heteroatoms. The van der Waals surface area contributed by atoms with Gasteiger partial charge in [0, 0.05) is 10.0 Å². The Hall–Kier alpha value is -0.970. The summed E-state index contributed by atoms with van der Waals surface area (Å²) in [5, 5.41) is 10.2. The number of rotatable bonds is 1. The Morgan fingerprint density at radius 3 is 2.82 bits per heavy atom. The van der Waals surface area contributed by atoms with Crippen LogP contribution in [-0.2, 0) is 0 Å². The molecule has 0 spiro atoms. The molecule has 0 bridgehead atoms. The van der Waals surface area contributed by atoms with Gasteiger partial charge in [-0.05, 0) is 16.8 Å². The molecule has 0 aliphatic heterocycles. The average Bonchev–Trinajstić information content (AvgIpc) is 1.94. The minimum absolute atomic E-state index is 0.137. The van der Waals surface area contributed by atoms with E-state index < -0.39 is 4.92 Å². The maximum atomic E-state index is 10.2. The van der Waals surface area contributed by atoms with E-state index in [1.54, 1.807) is 0 Å².